The first-order chi connectivity index (χ1) is 9.63. The van der Waals surface area contributed by atoms with Gasteiger partial charge in [0.15, 0.2) is 0 Å². The number of nitrogens with two attached hydrogens (primary N) is 1. The summed E-state index contributed by atoms with van der Waals surface area (Å²) in [5.41, 5.74) is 6.82. The van der Waals surface area contributed by atoms with Crippen molar-refractivity contribution in [3.63, 3.8) is 0 Å². The fourth-order valence-corrected chi connectivity index (χ4v) is 2.55. The molecule has 0 aliphatic carbocycles. The van der Waals surface area contributed by atoms with E-state index in [9.17, 15) is 9.59 Å². The zero-order valence-corrected chi connectivity index (χ0v) is 11.8. The van der Waals surface area contributed by atoms with E-state index in [4.69, 9.17) is 10.5 Å². The third kappa shape index (κ3) is 3.49. The maximum Gasteiger partial charge on any atom is 0.337 e. The highest BCUT2D eigenvalue weighted by atomic mass is 16.5. The molecule has 0 spiro atoms. The zero-order valence-electron chi connectivity index (χ0n) is 11.8. The molecule has 1 saturated heterocycles. The van der Waals surface area contributed by atoms with E-state index < -0.39 is 0 Å². The van der Waals surface area contributed by atoms with Crippen molar-refractivity contribution in [2.24, 2.45) is 11.7 Å². The van der Waals surface area contributed by atoms with Crippen molar-refractivity contribution < 1.29 is 14.3 Å². The Kier molecular flexibility index (Phi) is 4.97. The molecule has 2 aliphatic heterocycles. The van der Waals surface area contributed by atoms with Crippen LogP contribution in [0.15, 0.2) is 11.3 Å². The Bertz CT molecular complexity index is 422. The molecule has 2 aliphatic rings. The van der Waals surface area contributed by atoms with Crippen LogP contribution in [-0.2, 0) is 9.53 Å². The molecule has 0 aromatic rings. The molecule has 0 aromatic carbocycles. The van der Waals surface area contributed by atoms with E-state index in [0.717, 1.165) is 19.5 Å². The van der Waals surface area contributed by atoms with Crippen LogP contribution in [-0.4, -0.2) is 56.2 Å². The molecule has 2 rings (SSSR count). The molecule has 4 N–H and O–H groups in total. The average molecular weight is 282 g/mol. The van der Waals surface area contributed by atoms with Gasteiger partial charge in [-0.05, 0) is 32.4 Å². The molecule has 1 unspecified atom stereocenters. The number of hydrogen-bond donors (Lipinski definition) is 3. The van der Waals surface area contributed by atoms with Crippen LogP contribution in [0.3, 0.4) is 0 Å². The quantitative estimate of drug-likeness (QED) is 0.585. The van der Waals surface area contributed by atoms with Crippen molar-refractivity contribution in [3.05, 3.63) is 11.3 Å². The van der Waals surface area contributed by atoms with E-state index in [0.29, 0.717) is 36.9 Å². The van der Waals surface area contributed by atoms with Crippen molar-refractivity contribution in [2.45, 2.75) is 13.3 Å². The van der Waals surface area contributed by atoms with Gasteiger partial charge < -0.3 is 21.1 Å². The Labute approximate surface area is 118 Å². The van der Waals surface area contributed by atoms with Gasteiger partial charge in [0, 0.05) is 18.8 Å². The molecule has 112 valence electrons. The van der Waals surface area contributed by atoms with Gasteiger partial charge >= 0.3 is 12.0 Å². The lowest BCUT2D eigenvalue weighted by atomic mass is 10.1. The van der Waals surface area contributed by atoms with E-state index in [1.807, 2.05) is 0 Å². The van der Waals surface area contributed by atoms with Gasteiger partial charge in [-0.1, -0.05) is 0 Å². The Balaban J connectivity index is 2.07. The van der Waals surface area contributed by atoms with Crippen molar-refractivity contribution in [3.8, 4) is 0 Å². The summed E-state index contributed by atoms with van der Waals surface area (Å²) < 4.78 is 5.03. The Hall–Kier alpha value is -1.60. The number of rotatable bonds is 5. The average Bonchev–Trinajstić information content (AvgIpc) is 2.87. The predicted molar refractivity (Wildman–Crippen MR) is 73.8 cm³/mol. The van der Waals surface area contributed by atoms with Gasteiger partial charge in [0.2, 0.25) is 0 Å². The molecule has 0 saturated carbocycles. The van der Waals surface area contributed by atoms with Crippen LogP contribution in [0.1, 0.15) is 13.3 Å². The van der Waals surface area contributed by atoms with Crippen molar-refractivity contribution in [2.75, 3.05) is 39.3 Å². The fraction of sp³-hybridized carbons (Fsp3) is 0.692. The van der Waals surface area contributed by atoms with Gasteiger partial charge in [0.05, 0.1) is 18.7 Å². The molecule has 2 heterocycles. The summed E-state index contributed by atoms with van der Waals surface area (Å²) in [7, 11) is 0. The molecular formula is C13H22N4O3. The highest BCUT2D eigenvalue weighted by Crippen LogP contribution is 2.17. The van der Waals surface area contributed by atoms with Crippen molar-refractivity contribution >= 4 is 12.0 Å². The summed E-state index contributed by atoms with van der Waals surface area (Å²) >= 11 is 0. The second kappa shape index (κ2) is 6.71. The normalized spacial score (nSPS) is 23.5. The lowest BCUT2D eigenvalue weighted by Crippen LogP contribution is -2.46. The maximum atomic E-state index is 11.9. The Morgan fingerprint density at radius 1 is 1.55 bits per heavy atom. The van der Waals surface area contributed by atoms with Crippen molar-refractivity contribution in [1.82, 2.24) is 15.5 Å². The van der Waals surface area contributed by atoms with Gasteiger partial charge in [-0.25, -0.2) is 9.59 Å². The predicted octanol–water partition coefficient (Wildman–Crippen LogP) is -0.603. The van der Waals surface area contributed by atoms with Gasteiger partial charge in [-0.2, -0.15) is 0 Å². The summed E-state index contributed by atoms with van der Waals surface area (Å²) in [6.45, 7) is 5.37. The van der Waals surface area contributed by atoms with E-state index in [-0.39, 0.29) is 18.5 Å². The van der Waals surface area contributed by atoms with Crippen LogP contribution < -0.4 is 16.4 Å². The summed E-state index contributed by atoms with van der Waals surface area (Å²) in [6, 6.07) is -0.275. The molecule has 1 fully saturated rings. The number of nitrogens with one attached hydrogen (secondary N) is 2. The van der Waals surface area contributed by atoms with Gasteiger partial charge in [0.25, 0.3) is 0 Å². The number of carbonyl (C=O) groups excluding carboxylic acids is 2. The first-order valence-electron chi connectivity index (χ1n) is 7.00. The summed E-state index contributed by atoms with van der Waals surface area (Å²) in [6.07, 6.45) is 1.06. The number of hydrogen-bond acceptors (Lipinski definition) is 5. The minimum Gasteiger partial charge on any atom is -0.463 e. The third-order valence-electron chi connectivity index (χ3n) is 3.66. The van der Waals surface area contributed by atoms with Crippen LogP contribution in [0.4, 0.5) is 4.79 Å². The number of ether oxygens (including phenoxy) is 1. The van der Waals surface area contributed by atoms with Crippen LogP contribution in [0, 0.1) is 5.92 Å². The molecule has 1 atom stereocenters. The van der Waals surface area contributed by atoms with Gasteiger partial charge in [0.1, 0.15) is 0 Å². The molecule has 7 nitrogen and oxygen atoms in total. The van der Waals surface area contributed by atoms with Crippen molar-refractivity contribution in [1.29, 1.82) is 0 Å². The number of esters is 1. The molecule has 2 amide bonds. The van der Waals surface area contributed by atoms with Crippen LogP contribution in [0.5, 0.6) is 0 Å². The molecule has 0 radical (unpaired) electrons. The maximum absolute atomic E-state index is 11.9. The first kappa shape index (κ1) is 14.8. The second-order valence-electron chi connectivity index (χ2n) is 5.11. The molecule has 0 bridgehead atoms. The van der Waals surface area contributed by atoms with E-state index in [1.165, 1.54) is 0 Å². The molecular weight excluding hydrogens is 260 g/mol. The standard InChI is InChI=1S/C13H22N4O3/c1-2-20-12(18)10-6-15-13(19)16-11(10)8-17-4-3-9(5-14)7-17/h9H,2-8,14H2,1H3,(H2,15,16,19). The molecule has 7 heteroatoms. The second-order valence-corrected chi connectivity index (χ2v) is 5.11. The number of carbonyl (C=O) groups is 2. The van der Waals surface area contributed by atoms with Gasteiger partial charge in [-0.3, -0.25) is 4.90 Å². The smallest absolute Gasteiger partial charge is 0.337 e. The largest absolute Gasteiger partial charge is 0.463 e. The van der Waals surface area contributed by atoms with Crippen LogP contribution in [0.25, 0.3) is 0 Å². The number of nitrogens with zero attached hydrogens (tertiary/aromatic N) is 1. The topological polar surface area (TPSA) is 96.7 Å². The van der Waals surface area contributed by atoms with Crippen LogP contribution >= 0.6 is 0 Å². The Morgan fingerprint density at radius 2 is 2.35 bits per heavy atom. The van der Waals surface area contributed by atoms with E-state index in [1.54, 1.807) is 6.92 Å². The SMILES string of the molecule is CCOC(=O)C1=C(CN2CCC(CN)C2)NC(=O)NC1. The first-order valence-corrected chi connectivity index (χ1v) is 7.00. The third-order valence-corrected chi connectivity index (χ3v) is 3.66. The molecule has 0 aromatic heterocycles. The molecule has 20 heavy (non-hydrogen) atoms. The Morgan fingerprint density at radius 3 is 3.00 bits per heavy atom. The minimum atomic E-state index is -0.371. The number of likely N-dealkylation sites (tertiary alicyclic amines) is 1. The number of amides is 2. The lowest BCUT2D eigenvalue weighted by Gasteiger charge is -2.25. The zero-order chi connectivity index (χ0) is 14.5. The van der Waals surface area contributed by atoms with Gasteiger partial charge in [-0.15, -0.1) is 0 Å². The van der Waals surface area contributed by atoms with E-state index in [2.05, 4.69) is 15.5 Å². The minimum absolute atomic E-state index is 0.216. The fourth-order valence-electron chi connectivity index (χ4n) is 2.55. The van der Waals surface area contributed by atoms with E-state index >= 15 is 0 Å². The highest BCUT2D eigenvalue weighted by molar-refractivity contribution is 5.93. The summed E-state index contributed by atoms with van der Waals surface area (Å²) in [5.74, 6) is 0.128. The number of urea groups is 1. The lowest BCUT2D eigenvalue weighted by molar-refractivity contribution is -0.138. The summed E-state index contributed by atoms with van der Waals surface area (Å²) in [5, 5.41) is 5.32. The summed E-state index contributed by atoms with van der Waals surface area (Å²) in [4.78, 5) is 25.6. The van der Waals surface area contributed by atoms with Crippen LogP contribution in [0.2, 0.25) is 0 Å². The highest BCUT2D eigenvalue weighted by Gasteiger charge is 2.27. The monoisotopic (exact) mass is 282 g/mol.